The zero-order valence-corrected chi connectivity index (χ0v) is 17.7. The van der Waals surface area contributed by atoms with Crippen LogP contribution in [0.15, 0.2) is 54.7 Å². The largest absolute Gasteiger partial charge is 0.494 e. The number of rotatable bonds is 5. The second-order valence-corrected chi connectivity index (χ2v) is 6.51. The van der Waals surface area contributed by atoms with E-state index < -0.39 is 12.0 Å². The van der Waals surface area contributed by atoms with Gasteiger partial charge in [-0.1, -0.05) is 44.2 Å². The number of amides is 1. The SMILES string of the molecule is CC.CCOC(=O)C1c2ccnc3c(OC)ccc(c23)C(=O)N1Cc1ccccc1. The zero-order chi connectivity index (χ0) is 21.7. The number of nitrogens with zero attached hydrogens (tertiary/aromatic N) is 2. The molecular formula is C24H26N2O4. The Hall–Kier alpha value is -3.41. The molecule has 1 atom stereocenters. The molecule has 1 aliphatic rings. The van der Waals surface area contributed by atoms with Gasteiger partial charge in [-0.25, -0.2) is 4.79 Å². The van der Waals surface area contributed by atoms with Crippen molar-refractivity contribution in [2.24, 2.45) is 0 Å². The minimum absolute atomic E-state index is 0.227. The molecule has 30 heavy (non-hydrogen) atoms. The van der Waals surface area contributed by atoms with Crippen LogP contribution in [0.4, 0.5) is 0 Å². The number of pyridine rings is 1. The Kier molecular flexibility index (Phi) is 6.67. The predicted octanol–water partition coefficient (Wildman–Crippen LogP) is 4.53. The lowest BCUT2D eigenvalue weighted by atomic mass is 9.90. The van der Waals surface area contributed by atoms with Crippen molar-refractivity contribution in [2.45, 2.75) is 33.4 Å². The highest BCUT2D eigenvalue weighted by Crippen LogP contribution is 2.40. The summed E-state index contributed by atoms with van der Waals surface area (Å²) in [7, 11) is 1.56. The molecule has 0 fully saturated rings. The van der Waals surface area contributed by atoms with E-state index in [1.54, 1.807) is 43.3 Å². The lowest BCUT2D eigenvalue weighted by Crippen LogP contribution is -2.42. The smallest absolute Gasteiger partial charge is 0.333 e. The number of benzene rings is 2. The fourth-order valence-electron chi connectivity index (χ4n) is 3.70. The molecule has 0 saturated carbocycles. The summed E-state index contributed by atoms with van der Waals surface area (Å²) in [6.45, 7) is 6.30. The molecule has 0 N–H and O–H groups in total. The number of aromatic nitrogens is 1. The van der Waals surface area contributed by atoms with Gasteiger partial charge in [0, 0.05) is 23.7 Å². The minimum Gasteiger partial charge on any atom is -0.494 e. The second kappa shape index (κ2) is 9.39. The third-order valence-corrected chi connectivity index (χ3v) is 4.91. The van der Waals surface area contributed by atoms with Gasteiger partial charge in [0.25, 0.3) is 5.91 Å². The fraction of sp³-hybridized carbons (Fsp3) is 0.292. The van der Waals surface area contributed by atoms with Crippen LogP contribution in [0.2, 0.25) is 0 Å². The highest BCUT2D eigenvalue weighted by Gasteiger charge is 2.40. The molecule has 0 spiro atoms. The highest BCUT2D eigenvalue weighted by atomic mass is 16.5. The van der Waals surface area contributed by atoms with Gasteiger partial charge in [0.05, 0.1) is 13.7 Å². The summed E-state index contributed by atoms with van der Waals surface area (Å²) in [5.74, 6) is -0.115. The summed E-state index contributed by atoms with van der Waals surface area (Å²) < 4.78 is 10.7. The quantitative estimate of drug-likeness (QED) is 0.582. The molecule has 3 aromatic rings. The Labute approximate surface area is 176 Å². The number of carbonyl (C=O) groups excluding carboxylic acids is 2. The normalized spacial score (nSPS) is 14.7. The van der Waals surface area contributed by atoms with Crippen LogP contribution < -0.4 is 4.74 Å². The first kappa shape index (κ1) is 21.3. The van der Waals surface area contributed by atoms with Gasteiger partial charge < -0.3 is 14.4 Å². The standard InChI is InChI=1S/C22H20N2O4.C2H6/c1-3-28-22(26)20-15-11-12-23-19-17(27-2)10-9-16(18(15)19)21(25)24(20)13-14-7-5-4-6-8-14;1-2/h4-12,20H,3,13H2,1-2H3;1-2H3. The second-order valence-electron chi connectivity index (χ2n) is 6.51. The summed E-state index contributed by atoms with van der Waals surface area (Å²) in [6.07, 6.45) is 1.63. The van der Waals surface area contributed by atoms with Gasteiger partial charge in [0.15, 0.2) is 6.04 Å². The van der Waals surface area contributed by atoms with Gasteiger partial charge in [-0.15, -0.1) is 0 Å². The summed E-state index contributed by atoms with van der Waals surface area (Å²) in [4.78, 5) is 32.2. The predicted molar refractivity (Wildman–Crippen MR) is 115 cm³/mol. The average Bonchev–Trinajstić information content (AvgIpc) is 2.79. The molecule has 2 heterocycles. The Morgan fingerprint density at radius 3 is 2.50 bits per heavy atom. The number of ether oxygens (including phenoxy) is 2. The van der Waals surface area contributed by atoms with Crippen molar-refractivity contribution < 1.29 is 19.1 Å². The minimum atomic E-state index is -0.835. The zero-order valence-electron chi connectivity index (χ0n) is 17.7. The summed E-state index contributed by atoms with van der Waals surface area (Å²) >= 11 is 0. The molecule has 156 valence electrons. The Morgan fingerprint density at radius 2 is 1.83 bits per heavy atom. The van der Waals surface area contributed by atoms with Crippen LogP contribution in [0, 0.1) is 0 Å². The van der Waals surface area contributed by atoms with Crippen molar-refractivity contribution in [2.75, 3.05) is 13.7 Å². The van der Waals surface area contributed by atoms with Gasteiger partial charge in [-0.05, 0) is 36.2 Å². The maximum atomic E-state index is 13.4. The van der Waals surface area contributed by atoms with Crippen molar-refractivity contribution >= 4 is 22.8 Å². The van der Waals surface area contributed by atoms with Crippen LogP contribution in [-0.4, -0.2) is 35.5 Å². The number of hydrogen-bond donors (Lipinski definition) is 0. The molecule has 1 aliphatic heterocycles. The first-order chi connectivity index (χ1) is 14.7. The molecule has 0 aliphatic carbocycles. The molecule has 1 amide bonds. The highest BCUT2D eigenvalue weighted by molar-refractivity contribution is 6.13. The molecule has 6 heteroatoms. The number of methoxy groups -OCH3 is 1. The lowest BCUT2D eigenvalue weighted by molar-refractivity contribution is -0.149. The van der Waals surface area contributed by atoms with E-state index in [1.807, 2.05) is 44.2 Å². The van der Waals surface area contributed by atoms with Crippen molar-refractivity contribution in [1.82, 2.24) is 9.88 Å². The number of esters is 1. The van der Waals surface area contributed by atoms with E-state index in [4.69, 9.17) is 9.47 Å². The van der Waals surface area contributed by atoms with Crippen LogP contribution in [-0.2, 0) is 16.1 Å². The third kappa shape index (κ3) is 3.73. The molecule has 2 aromatic carbocycles. The van der Waals surface area contributed by atoms with E-state index in [2.05, 4.69) is 4.98 Å². The van der Waals surface area contributed by atoms with Crippen LogP contribution in [0.3, 0.4) is 0 Å². The monoisotopic (exact) mass is 406 g/mol. The van der Waals surface area contributed by atoms with Gasteiger partial charge in [-0.3, -0.25) is 9.78 Å². The maximum Gasteiger partial charge on any atom is 0.333 e. The van der Waals surface area contributed by atoms with Crippen LogP contribution in [0.25, 0.3) is 10.9 Å². The summed E-state index contributed by atoms with van der Waals surface area (Å²) in [5.41, 5.74) is 2.72. The van der Waals surface area contributed by atoms with Crippen LogP contribution in [0.1, 0.15) is 48.3 Å². The van der Waals surface area contributed by atoms with Gasteiger partial charge in [0.1, 0.15) is 11.3 Å². The van der Waals surface area contributed by atoms with E-state index >= 15 is 0 Å². The Balaban J connectivity index is 0.00000124. The number of carbonyl (C=O) groups is 2. The van der Waals surface area contributed by atoms with E-state index in [1.165, 1.54) is 0 Å². The van der Waals surface area contributed by atoms with Gasteiger partial charge in [-0.2, -0.15) is 0 Å². The van der Waals surface area contributed by atoms with E-state index in [0.717, 1.165) is 5.56 Å². The van der Waals surface area contributed by atoms with Crippen molar-refractivity contribution in [3.8, 4) is 5.75 Å². The molecule has 4 rings (SSSR count). The Bertz CT molecular complexity index is 1050. The van der Waals surface area contributed by atoms with Crippen LogP contribution >= 0.6 is 0 Å². The van der Waals surface area contributed by atoms with E-state index in [0.29, 0.717) is 34.3 Å². The fourth-order valence-corrected chi connectivity index (χ4v) is 3.70. The summed E-state index contributed by atoms with van der Waals surface area (Å²) in [5, 5.41) is 0.647. The molecule has 0 bridgehead atoms. The van der Waals surface area contributed by atoms with Crippen molar-refractivity contribution in [3.63, 3.8) is 0 Å². The first-order valence-corrected chi connectivity index (χ1v) is 10.1. The lowest BCUT2D eigenvalue weighted by Gasteiger charge is -2.35. The van der Waals surface area contributed by atoms with E-state index in [9.17, 15) is 9.59 Å². The van der Waals surface area contributed by atoms with Crippen molar-refractivity contribution in [3.05, 3.63) is 71.4 Å². The van der Waals surface area contributed by atoms with Gasteiger partial charge in [0.2, 0.25) is 0 Å². The van der Waals surface area contributed by atoms with Crippen LogP contribution in [0.5, 0.6) is 5.75 Å². The molecule has 1 unspecified atom stereocenters. The average molecular weight is 406 g/mol. The maximum absolute atomic E-state index is 13.4. The molecular weight excluding hydrogens is 380 g/mol. The van der Waals surface area contributed by atoms with E-state index in [-0.39, 0.29) is 12.5 Å². The van der Waals surface area contributed by atoms with Crippen molar-refractivity contribution in [1.29, 1.82) is 0 Å². The number of hydrogen-bond acceptors (Lipinski definition) is 5. The molecule has 0 radical (unpaired) electrons. The van der Waals surface area contributed by atoms with Gasteiger partial charge >= 0.3 is 5.97 Å². The molecule has 0 saturated heterocycles. The topological polar surface area (TPSA) is 68.7 Å². The summed E-state index contributed by atoms with van der Waals surface area (Å²) in [6, 6.07) is 14.0. The first-order valence-electron chi connectivity index (χ1n) is 10.1. The molecule has 6 nitrogen and oxygen atoms in total. The Morgan fingerprint density at radius 1 is 1.10 bits per heavy atom. The molecule has 1 aromatic heterocycles. The third-order valence-electron chi connectivity index (χ3n) is 4.91.